The van der Waals surface area contributed by atoms with Crippen LogP contribution >= 0.6 is 27.3 Å². The van der Waals surface area contributed by atoms with Crippen molar-refractivity contribution >= 4 is 27.3 Å². The van der Waals surface area contributed by atoms with E-state index in [0.29, 0.717) is 12.0 Å². The van der Waals surface area contributed by atoms with E-state index in [4.69, 9.17) is 0 Å². The Morgan fingerprint density at radius 3 is 2.58 bits per heavy atom. The van der Waals surface area contributed by atoms with Crippen molar-refractivity contribution in [2.75, 3.05) is 0 Å². The molecule has 1 N–H and O–H groups in total. The molecule has 0 radical (unpaired) electrons. The van der Waals surface area contributed by atoms with Crippen LogP contribution in [0, 0.1) is 0 Å². The van der Waals surface area contributed by atoms with Gasteiger partial charge < -0.3 is 9.84 Å². The lowest BCUT2D eigenvalue weighted by Crippen LogP contribution is -2.08. The molecule has 1 atom stereocenters. The minimum Gasteiger partial charge on any atom is -0.434 e. The highest BCUT2D eigenvalue weighted by Crippen LogP contribution is 2.31. The summed E-state index contributed by atoms with van der Waals surface area (Å²) in [5, 5.41) is 10.1. The van der Waals surface area contributed by atoms with Gasteiger partial charge in [-0.25, -0.2) is 0 Å². The van der Waals surface area contributed by atoms with Gasteiger partial charge in [0.15, 0.2) is 0 Å². The van der Waals surface area contributed by atoms with Crippen LogP contribution in [-0.4, -0.2) is 11.7 Å². The van der Waals surface area contributed by atoms with Crippen LogP contribution in [0.5, 0.6) is 5.75 Å². The third-order valence-electron chi connectivity index (χ3n) is 2.52. The average Bonchev–Trinajstić information content (AvgIpc) is 2.74. The van der Waals surface area contributed by atoms with Crippen molar-refractivity contribution in [3.8, 4) is 5.75 Å². The predicted octanol–water partition coefficient (Wildman–Crippen LogP) is 4.39. The number of alkyl halides is 2. The van der Waals surface area contributed by atoms with Crippen molar-refractivity contribution < 1.29 is 18.6 Å². The number of halogens is 3. The van der Waals surface area contributed by atoms with Crippen molar-refractivity contribution in [2.45, 2.75) is 19.1 Å². The molecule has 0 saturated carbocycles. The lowest BCUT2D eigenvalue weighted by molar-refractivity contribution is -0.0515. The third-order valence-corrected chi connectivity index (χ3v) is 4.16. The number of aliphatic hydroxyl groups is 1. The van der Waals surface area contributed by atoms with Gasteiger partial charge in [-0.1, -0.05) is 18.2 Å². The lowest BCUT2D eigenvalue weighted by Gasteiger charge is -2.15. The average molecular weight is 349 g/mol. The van der Waals surface area contributed by atoms with Crippen molar-refractivity contribution in [2.24, 2.45) is 0 Å². The number of para-hydroxylation sites is 1. The molecule has 1 unspecified atom stereocenters. The Hall–Kier alpha value is -0.980. The smallest absolute Gasteiger partial charge is 0.387 e. The van der Waals surface area contributed by atoms with Crippen LogP contribution in [0.1, 0.15) is 16.5 Å². The Labute approximate surface area is 121 Å². The monoisotopic (exact) mass is 348 g/mol. The summed E-state index contributed by atoms with van der Waals surface area (Å²) in [6.07, 6.45) is -0.514. The van der Waals surface area contributed by atoms with Crippen molar-refractivity contribution in [1.82, 2.24) is 0 Å². The topological polar surface area (TPSA) is 29.5 Å². The molecule has 2 nitrogen and oxygen atoms in total. The number of hydrogen-bond donors (Lipinski definition) is 1. The van der Waals surface area contributed by atoms with Gasteiger partial charge in [0.2, 0.25) is 0 Å². The predicted molar refractivity (Wildman–Crippen MR) is 73.8 cm³/mol. The molecule has 0 amide bonds. The summed E-state index contributed by atoms with van der Waals surface area (Å²) in [7, 11) is 0. The quantitative estimate of drug-likeness (QED) is 0.868. The molecular formula is C13H11BrF2O2S. The van der Waals surface area contributed by atoms with Crippen LogP contribution in [0.2, 0.25) is 0 Å². The number of rotatable bonds is 5. The second-order valence-corrected chi connectivity index (χ2v) is 6.39. The Morgan fingerprint density at radius 2 is 1.95 bits per heavy atom. The second-order valence-electron chi connectivity index (χ2n) is 3.84. The van der Waals surface area contributed by atoms with Crippen molar-refractivity contribution in [1.29, 1.82) is 0 Å². The molecule has 2 rings (SSSR count). The van der Waals surface area contributed by atoms with Gasteiger partial charge in [-0.2, -0.15) is 8.78 Å². The van der Waals surface area contributed by atoms with E-state index in [9.17, 15) is 13.9 Å². The third kappa shape index (κ3) is 3.99. The summed E-state index contributed by atoms with van der Waals surface area (Å²) >= 11 is 4.84. The SMILES string of the molecule is OC(Cc1ccc(Br)s1)c1ccccc1OC(F)F. The number of hydrogen-bond acceptors (Lipinski definition) is 3. The van der Waals surface area contributed by atoms with Crippen LogP contribution in [0.4, 0.5) is 8.78 Å². The Balaban J connectivity index is 2.16. The molecule has 19 heavy (non-hydrogen) atoms. The maximum Gasteiger partial charge on any atom is 0.387 e. The molecule has 0 aliphatic carbocycles. The van der Waals surface area contributed by atoms with Gasteiger partial charge in [0.1, 0.15) is 5.75 Å². The molecular weight excluding hydrogens is 338 g/mol. The molecule has 1 heterocycles. The first-order valence-electron chi connectivity index (χ1n) is 5.52. The second kappa shape index (κ2) is 6.45. The molecule has 6 heteroatoms. The van der Waals surface area contributed by atoms with E-state index < -0.39 is 12.7 Å². The van der Waals surface area contributed by atoms with Crippen LogP contribution in [0.25, 0.3) is 0 Å². The molecule has 0 aliphatic heterocycles. The summed E-state index contributed by atoms with van der Waals surface area (Å²) in [5.41, 5.74) is 0.368. The first-order valence-corrected chi connectivity index (χ1v) is 7.13. The van der Waals surface area contributed by atoms with Crippen LogP contribution in [-0.2, 0) is 6.42 Å². The summed E-state index contributed by atoms with van der Waals surface area (Å²) in [4.78, 5) is 0.964. The maximum absolute atomic E-state index is 12.3. The molecule has 2 aromatic rings. The number of aliphatic hydroxyl groups excluding tert-OH is 1. The largest absolute Gasteiger partial charge is 0.434 e. The molecule has 1 aromatic carbocycles. The number of ether oxygens (including phenoxy) is 1. The van der Waals surface area contributed by atoms with Gasteiger partial charge in [-0.3, -0.25) is 0 Å². The molecule has 0 saturated heterocycles. The van der Waals surface area contributed by atoms with E-state index >= 15 is 0 Å². The zero-order valence-electron chi connectivity index (χ0n) is 9.72. The molecule has 0 spiro atoms. The highest BCUT2D eigenvalue weighted by molar-refractivity contribution is 9.11. The fraction of sp³-hybridized carbons (Fsp3) is 0.231. The van der Waals surface area contributed by atoms with Gasteiger partial charge in [0.05, 0.1) is 9.89 Å². The first-order chi connectivity index (χ1) is 9.06. The number of thiophene rings is 1. The van der Waals surface area contributed by atoms with E-state index in [-0.39, 0.29) is 5.75 Å². The standard InChI is InChI=1S/C13H11BrF2O2S/c14-12-6-5-8(19-12)7-10(17)9-3-1-2-4-11(9)18-13(15)16/h1-6,10,13,17H,7H2. The van der Waals surface area contributed by atoms with E-state index in [1.165, 1.54) is 17.4 Å². The van der Waals surface area contributed by atoms with Crippen LogP contribution in [0.3, 0.4) is 0 Å². The summed E-state index contributed by atoms with van der Waals surface area (Å²) in [6.45, 7) is -2.90. The van der Waals surface area contributed by atoms with Gasteiger partial charge in [0.25, 0.3) is 0 Å². The van der Waals surface area contributed by atoms with E-state index in [1.54, 1.807) is 18.2 Å². The van der Waals surface area contributed by atoms with Crippen LogP contribution < -0.4 is 4.74 Å². The normalized spacial score (nSPS) is 12.7. The zero-order valence-corrected chi connectivity index (χ0v) is 12.1. The zero-order chi connectivity index (χ0) is 13.8. The first kappa shape index (κ1) is 14.4. The minimum absolute atomic E-state index is 0.0145. The summed E-state index contributed by atoms with van der Waals surface area (Å²) in [5.74, 6) is 0.0145. The highest BCUT2D eigenvalue weighted by atomic mass is 79.9. The van der Waals surface area contributed by atoms with Crippen LogP contribution in [0.15, 0.2) is 40.2 Å². The fourth-order valence-electron chi connectivity index (χ4n) is 1.72. The van der Waals surface area contributed by atoms with Gasteiger partial charge >= 0.3 is 6.61 Å². The Kier molecular flexibility index (Phi) is 4.90. The number of benzene rings is 1. The van der Waals surface area contributed by atoms with E-state index in [1.807, 2.05) is 12.1 Å². The maximum atomic E-state index is 12.3. The Morgan fingerprint density at radius 1 is 1.21 bits per heavy atom. The minimum atomic E-state index is -2.90. The van der Waals surface area contributed by atoms with Gasteiger partial charge in [-0.15, -0.1) is 11.3 Å². The summed E-state index contributed by atoms with van der Waals surface area (Å²) < 4.78 is 29.9. The van der Waals surface area contributed by atoms with Crippen molar-refractivity contribution in [3.05, 3.63) is 50.6 Å². The Bertz CT molecular complexity index is 545. The molecule has 102 valence electrons. The van der Waals surface area contributed by atoms with Gasteiger partial charge in [-0.05, 0) is 34.1 Å². The van der Waals surface area contributed by atoms with E-state index in [2.05, 4.69) is 20.7 Å². The molecule has 0 bridgehead atoms. The van der Waals surface area contributed by atoms with Gasteiger partial charge in [0, 0.05) is 16.9 Å². The van der Waals surface area contributed by atoms with E-state index in [0.717, 1.165) is 8.66 Å². The molecule has 0 fully saturated rings. The summed E-state index contributed by atoms with van der Waals surface area (Å²) in [6, 6.07) is 10.1. The fourth-order valence-corrected chi connectivity index (χ4v) is 3.24. The molecule has 1 aromatic heterocycles. The molecule has 0 aliphatic rings. The lowest BCUT2D eigenvalue weighted by atomic mass is 10.0. The highest BCUT2D eigenvalue weighted by Gasteiger charge is 2.17. The van der Waals surface area contributed by atoms with Crippen molar-refractivity contribution in [3.63, 3.8) is 0 Å².